The smallest absolute Gasteiger partial charge is 0.101 e. The molecule has 3 nitrogen and oxygen atoms in total. The van der Waals surface area contributed by atoms with Crippen LogP contribution in [0.25, 0.3) is 0 Å². The number of aliphatic hydroxyl groups is 1. The molecule has 18 heavy (non-hydrogen) atoms. The number of para-hydroxylation sites is 1. The number of nitriles is 1. The van der Waals surface area contributed by atoms with Crippen LogP contribution in [0.3, 0.4) is 0 Å². The van der Waals surface area contributed by atoms with E-state index in [1.54, 1.807) is 6.07 Å². The van der Waals surface area contributed by atoms with E-state index in [0.717, 1.165) is 11.3 Å². The largest absolute Gasteiger partial charge is 0.387 e. The Hall–Kier alpha value is -2.31. The fourth-order valence-electron chi connectivity index (χ4n) is 1.73. The van der Waals surface area contributed by atoms with E-state index < -0.39 is 6.10 Å². The van der Waals surface area contributed by atoms with E-state index in [9.17, 15) is 5.11 Å². The summed E-state index contributed by atoms with van der Waals surface area (Å²) >= 11 is 0. The Morgan fingerprint density at radius 1 is 1.06 bits per heavy atom. The lowest BCUT2D eigenvalue weighted by atomic mass is 10.1. The van der Waals surface area contributed by atoms with Crippen LogP contribution in [0.15, 0.2) is 54.6 Å². The van der Waals surface area contributed by atoms with Crippen LogP contribution in [0.2, 0.25) is 0 Å². The van der Waals surface area contributed by atoms with Gasteiger partial charge in [0.05, 0.1) is 17.4 Å². The number of nitrogens with zero attached hydrogens (tertiary/aromatic N) is 1. The highest BCUT2D eigenvalue weighted by atomic mass is 16.3. The third kappa shape index (κ3) is 2.88. The maximum atomic E-state index is 10.0. The van der Waals surface area contributed by atoms with Crippen LogP contribution in [-0.4, -0.2) is 11.7 Å². The molecule has 0 aliphatic carbocycles. The third-order valence-electron chi connectivity index (χ3n) is 2.72. The molecule has 0 amide bonds. The molecule has 0 radical (unpaired) electrons. The molecule has 0 saturated heterocycles. The van der Waals surface area contributed by atoms with Crippen molar-refractivity contribution in [3.8, 4) is 6.07 Å². The standard InChI is InChI=1S/C15H14N2O/c16-10-13-8-4-5-9-14(13)17-11-15(18)12-6-2-1-3-7-12/h1-9,15,17-18H,11H2. The molecule has 2 rings (SSSR count). The summed E-state index contributed by atoms with van der Waals surface area (Å²) in [6.07, 6.45) is -0.585. The minimum Gasteiger partial charge on any atom is -0.387 e. The number of hydrogen-bond donors (Lipinski definition) is 2. The Morgan fingerprint density at radius 3 is 2.44 bits per heavy atom. The molecule has 3 heteroatoms. The number of nitrogens with one attached hydrogen (secondary N) is 1. The van der Waals surface area contributed by atoms with Gasteiger partial charge in [0.2, 0.25) is 0 Å². The summed E-state index contributed by atoms with van der Waals surface area (Å²) < 4.78 is 0. The van der Waals surface area contributed by atoms with Crippen molar-refractivity contribution in [2.75, 3.05) is 11.9 Å². The van der Waals surface area contributed by atoms with Gasteiger partial charge in [0.1, 0.15) is 6.07 Å². The van der Waals surface area contributed by atoms with Crippen molar-refractivity contribution in [3.05, 3.63) is 65.7 Å². The van der Waals surface area contributed by atoms with E-state index in [1.807, 2.05) is 48.5 Å². The van der Waals surface area contributed by atoms with E-state index in [-0.39, 0.29) is 0 Å². The number of benzene rings is 2. The van der Waals surface area contributed by atoms with Crippen LogP contribution in [-0.2, 0) is 0 Å². The first-order valence-electron chi connectivity index (χ1n) is 5.77. The van der Waals surface area contributed by atoms with Crippen molar-refractivity contribution in [2.24, 2.45) is 0 Å². The van der Waals surface area contributed by atoms with Gasteiger partial charge in [-0.25, -0.2) is 0 Å². The average Bonchev–Trinajstić information content (AvgIpc) is 2.46. The zero-order chi connectivity index (χ0) is 12.8. The van der Waals surface area contributed by atoms with Gasteiger partial charge >= 0.3 is 0 Å². The van der Waals surface area contributed by atoms with Crippen molar-refractivity contribution in [2.45, 2.75) is 6.10 Å². The van der Waals surface area contributed by atoms with Crippen LogP contribution < -0.4 is 5.32 Å². The summed E-state index contributed by atoms with van der Waals surface area (Å²) in [7, 11) is 0. The highest BCUT2D eigenvalue weighted by Gasteiger charge is 2.07. The molecule has 0 heterocycles. The first-order chi connectivity index (χ1) is 8.81. The summed E-state index contributed by atoms with van der Waals surface area (Å²) in [5.74, 6) is 0. The van der Waals surface area contributed by atoms with Gasteiger partial charge < -0.3 is 10.4 Å². The Labute approximate surface area is 106 Å². The number of aliphatic hydroxyl groups excluding tert-OH is 1. The maximum absolute atomic E-state index is 10.0. The fourth-order valence-corrected chi connectivity index (χ4v) is 1.73. The zero-order valence-electron chi connectivity index (χ0n) is 9.88. The van der Waals surface area contributed by atoms with E-state index in [2.05, 4.69) is 11.4 Å². The van der Waals surface area contributed by atoms with Gasteiger partial charge in [0.25, 0.3) is 0 Å². The van der Waals surface area contributed by atoms with Crippen molar-refractivity contribution in [3.63, 3.8) is 0 Å². The monoisotopic (exact) mass is 238 g/mol. The quantitative estimate of drug-likeness (QED) is 0.861. The first-order valence-corrected chi connectivity index (χ1v) is 5.77. The molecule has 2 N–H and O–H groups in total. The predicted molar refractivity (Wildman–Crippen MR) is 71.0 cm³/mol. The topological polar surface area (TPSA) is 56.0 Å². The molecule has 0 spiro atoms. The highest BCUT2D eigenvalue weighted by Crippen LogP contribution is 2.17. The molecule has 0 aromatic heterocycles. The first kappa shape index (κ1) is 12.2. The van der Waals surface area contributed by atoms with Crippen molar-refractivity contribution >= 4 is 5.69 Å². The molecule has 0 fully saturated rings. The SMILES string of the molecule is N#Cc1ccccc1NCC(O)c1ccccc1. The lowest BCUT2D eigenvalue weighted by Crippen LogP contribution is -2.12. The van der Waals surface area contributed by atoms with Gasteiger partial charge in [0.15, 0.2) is 0 Å². The summed E-state index contributed by atoms with van der Waals surface area (Å²) in [4.78, 5) is 0. The molecule has 0 saturated carbocycles. The minimum absolute atomic E-state index is 0.378. The molecule has 1 atom stereocenters. The second kappa shape index (κ2) is 5.85. The van der Waals surface area contributed by atoms with E-state index >= 15 is 0 Å². The Kier molecular flexibility index (Phi) is 3.95. The summed E-state index contributed by atoms with van der Waals surface area (Å²) in [5, 5.41) is 22.0. The molecule has 0 aliphatic rings. The molecule has 90 valence electrons. The van der Waals surface area contributed by atoms with Gasteiger partial charge in [-0.15, -0.1) is 0 Å². The summed E-state index contributed by atoms with van der Waals surface area (Å²) in [5.41, 5.74) is 2.19. The molecular weight excluding hydrogens is 224 g/mol. The number of hydrogen-bond acceptors (Lipinski definition) is 3. The lowest BCUT2D eigenvalue weighted by Gasteiger charge is -2.13. The van der Waals surface area contributed by atoms with Crippen LogP contribution in [0.4, 0.5) is 5.69 Å². The van der Waals surface area contributed by atoms with Crippen LogP contribution in [0, 0.1) is 11.3 Å². The molecular formula is C15H14N2O. The number of rotatable bonds is 4. The average molecular weight is 238 g/mol. The molecule has 1 unspecified atom stereocenters. The minimum atomic E-state index is -0.585. The van der Waals surface area contributed by atoms with Gasteiger partial charge in [-0.1, -0.05) is 42.5 Å². The van der Waals surface area contributed by atoms with Crippen molar-refractivity contribution in [1.29, 1.82) is 5.26 Å². The lowest BCUT2D eigenvalue weighted by molar-refractivity contribution is 0.191. The van der Waals surface area contributed by atoms with Crippen LogP contribution >= 0.6 is 0 Å². The normalized spacial score (nSPS) is 11.6. The molecule has 2 aromatic carbocycles. The van der Waals surface area contributed by atoms with Gasteiger partial charge in [0, 0.05) is 6.54 Å². The van der Waals surface area contributed by atoms with E-state index in [0.29, 0.717) is 12.1 Å². The second-order valence-electron chi connectivity index (χ2n) is 3.96. The molecule has 0 aliphatic heterocycles. The Balaban J connectivity index is 2.02. The zero-order valence-corrected chi connectivity index (χ0v) is 9.88. The van der Waals surface area contributed by atoms with E-state index in [4.69, 9.17) is 5.26 Å². The molecule has 0 bridgehead atoms. The Bertz CT molecular complexity index is 546. The fraction of sp³-hybridized carbons (Fsp3) is 0.133. The highest BCUT2D eigenvalue weighted by molar-refractivity contribution is 5.57. The summed E-state index contributed by atoms with van der Waals surface area (Å²) in [6.45, 7) is 0.378. The number of anilines is 1. The Morgan fingerprint density at radius 2 is 1.72 bits per heavy atom. The predicted octanol–water partition coefficient (Wildman–Crippen LogP) is 2.70. The van der Waals surface area contributed by atoms with E-state index in [1.165, 1.54) is 0 Å². The molecule has 2 aromatic rings. The van der Waals surface area contributed by atoms with Crippen molar-refractivity contribution < 1.29 is 5.11 Å². The third-order valence-corrected chi connectivity index (χ3v) is 2.72. The van der Waals surface area contributed by atoms with Crippen LogP contribution in [0.1, 0.15) is 17.2 Å². The van der Waals surface area contributed by atoms with Gasteiger partial charge in [-0.3, -0.25) is 0 Å². The maximum Gasteiger partial charge on any atom is 0.101 e. The summed E-state index contributed by atoms with van der Waals surface area (Å²) in [6, 6.07) is 18.8. The van der Waals surface area contributed by atoms with Gasteiger partial charge in [-0.05, 0) is 17.7 Å². The van der Waals surface area contributed by atoms with Gasteiger partial charge in [-0.2, -0.15) is 5.26 Å². The van der Waals surface area contributed by atoms with Crippen LogP contribution in [0.5, 0.6) is 0 Å². The second-order valence-corrected chi connectivity index (χ2v) is 3.96. The van der Waals surface area contributed by atoms with Crippen molar-refractivity contribution in [1.82, 2.24) is 0 Å².